The second-order valence-electron chi connectivity index (χ2n) is 10.5. The number of hydrogen-bond donors (Lipinski definition) is 0. The Kier molecular flexibility index (Phi) is 6.92. The molecule has 1 aliphatic rings. The van der Waals surface area contributed by atoms with Gasteiger partial charge in [0.15, 0.2) is 0 Å². The van der Waals surface area contributed by atoms with E-state index < -0.39 is 0 Å². The van der Waals surface area contributed by atoms with Crippen molar-refractivity contribution in [1.82, 2.24) is 0 Å². The van der Waals surface area contributed by atoms with E-state index in [0.29, 0.717) is 0 Å². The lowest BCUT2D eigenvalue weighted by molar-refractivity contribution is 0.267. The highest BCUT2D eigenvalue weighted by molar-refractivity contribution is 5.59. The van der Waals surface area contributed by atoms with E-state index in [2.05, 4.69) is 65.8 Å². The molecule has 2 unspecified atom stereocenters. The van der Waals surface area contributed by atoms with Crippen LogP contribution < -0.4 is 0 Å². The van der Waals surface area contributed by atoms with Crippen molar-refractivity contribution >= 4 is 5.69 Å². The Morgan fingerprint density at radius 3 is 2.11 bits per heavy atom. The van der Waals surface area contributed by atoms with E-state index in [4.69, 9.17) is 0 Å². The van der Waals surface area contributed by atoms with Crippen molar-refractivity contribution in [2.45, 2.75) is 117 Å². The molecule has 0 amide bonds. The predicted octanol–water partition coefficient (Wildman–Crippen LogP) is 8.36. The SMILES string of the molecule is CCC1(C)CCCCCCC(C)(CC)c2cc(C(C)(C)C)cc(c2N=O)C1. The fourth-order valence-electron chi connectivity index (χ4n) is 4.60. The lowest BCUT2D eigenvalue weighted by Crippen LogP contribution is -2.25. The standard InChI is InChI=1S/C25H41NO/c1-8-24(6)14-12-10-11-13-15-25(7,9-2)21-17-20(23(3,4)5)16-19(18-24)22(21)26-27/h16-17H,8-15,18H2,1-7H3. The van der Waals surface area contributed by atoms with E-state index in [1.54, 1.807) is 0 Å². The second-order valence-corrected chi connectivity index (χ2v) is 10.5. The first-order valence-corrected chi connectivity index (χ1v) is 11.1. The molecule has 0 fully saturated rings. The Bertz CT molecular complexity index is 657. The number of fused-ring (bicyclic) bond motifs is 2. The number of nitroso groups, excluding NO2 is 1. The van der Waals surface area contributed by atoms with Crippen LogP contribution in [0.5, 0.6) is 0 Å². The fourth-order valence-corrected chi connectivity index (χ4v) is 4.60. The highest BCUT2D eigenvalue weighted by atomic mass is 16.3. The molecule has 0 saturated carbocycles. The van der Waals surface area contributed by atoms with Crippen LogP contribution in [0.2, 0.25) is 0 Å². The molecule has 0 aromatic heterocycles. The zero-order valence-electron chi connectivity index (χ0n) is 18.9. The minimum absolute atomic E-state index is 0.0288. The van der Waals surface area contributed by atoms with Gasteiger partial charge in [0, 0.05) is 0 Å². The van der Waals surface area contributed by atoms with Gasteiger partial charge in [-0.2, -0.15) is 0 Å². The van der Waals surface area contributed by atoms with Crippen molar-refractivity contribution in [1.29, 1.82) is 0 Å². The van der Waals surface area contributed by atoms with Gasteiger partial charge < -0.3 is 0 Å². The van der Waals surface area contributed by atoms with Gasteiger partial charge in [-0.3, -0.25) is 0 Å². The monoisotopic (exact) mass is 371 g/mol. The van der Waals surface area contributed by atoms with Crippen molar-refractivity contribution in [3.8, 4) is 0 Å². The van der Waals surface area contributed by atoms with Crippen LogP contribution >= 0.6 is 0 Å². The molecule has 2 heteroatoms. The Balaban J connectivity index is 2.74. The van der Waals surface area contributed by atoms with Crippen LogP contribution in [0.3, 0.4) is 0 Å². The summed E-state index contributed by atoms with van der Waals surface area (Å²) in [6, 6.07) is 4.59. The Morgan fingerprint density at radius 2 is 1.59 bits per heavy atom. The summed E-state index contributed by atoms with van der Waals surface area (Å²) in [5.41, 5.74) is 4.80. The summed E-state index contributed by atoms with van der Waals surface area (Å²) in [5, 5.41) is 3.64. The summed E-state index contributed by atoms with van der Waals surface area (Å²) in [4.78, 5) is 12.1. The smallest absolute Gasteiger partial charge is 0.114 e. The van der Waals surface area contributed by atoms with Crippen LogP contribution in [0.1, 0.15) is 117 Å². The summed E-state index contributed by atoms with van der Waals surface area (Å²) in [6.45, 7) is 16.1. The van der Waals surface area contributed by atoms with Gasteiger partial charge in [-0.1, -0.05) is 92.7 Å². The quantitative estimate of drug-likeness (QED) is 0.491. The zero-order valence-corrected chi connectivity index (χ0v) is 18.9. The normalized spacial score (nSPS) is 27.5. The lowest BCUT2D eigenvalue weighted by Gasteiger charge is -2.35. The van der Waals surface area contributed by atoms with Gasteiger partial charge in [-0.25, -0.2) is 0 Å². The Labute approximate surface area is 167 Å². The predicted molar refractivity (Wildman–Crippen MR) is 118 cm³/mol. The Morgan fingerprint density at radius 1 is 0.963 bits per heavy atom. The summed E-state index contributed by atoms with van der Waals surface area (Å²) in [7, 11) is 0. The van der Waals surface area contributed by atoms with Crippen molar-refractivity contribution < 1.29 is 0 Å². The van der Waals surface area contributed by atoms with Gasteiger partial charge in [-0.05, 0) is 63.8 Å². The molecule has 0 heterocycles. The van der Waals surface area contributed by atoms with E-state index in [0.717, 1.165) is 31.4 Å². The minimum Gasteiger partial charge on any atom is -0.145 e. The molecular formula is C25H41NO. The van der Waals surface area contributed by atoms with Gasteiger partial charge >= 0.3 is 0 Å². The third-order valence-corrected chi connectivity index (χ3v) is 7.31. The average molecular weight is 372 g/mol. The van der Waals surface area contributed by atoms with E-state index in [9.17, 15) is 4.91 Å². The van der Waals surface area contributed by atoms with Crippen LogP contribution in [0.4, 0.5) is 5.69 Å². The zero-order chi connectivity index (χ0) is 20.3. The third kappa shape index (κ3) is 5.00. The van der Waals surface area contributed by atoms with Crippen LogP contribution in [0.25, 0.3) is 0 Å². The first-order valence-electron chi connectivity index (χ1n) is 11.1. The first kappa shape index (κ1) is 22.1. The number of hydrogen-bond acceptors (Lipinski definition) is 2. The van der Waals surface area contributed by atoms with Gasteiger partial charge in [0.1, 0.15) is 5.69 Å². The molecule has 0 radical (unpaired) electrons. The number of rotatable bonds is 3. The maximum absolute atomic E-state index is 12.1. The molecule has 2 bridgehead atoms. The van der Waals surface area contributed by atoms with Crippen LogP contribution in [-0.4, -0.2) is 0 Å². The largest absolute Gasteiger partial charge is 0.145 e. The lowest BCUT2D eigenvalue weighted by atomic mass is 9.69. The summed E-state index contributed by atoms with van der Waals surface area (Å²) >= 11 is 0. The molecule has 1 aromatic carbocycles. The molecule has 2 atom stereocenters. The van der Waals surface area contributed by atoms with Crippen molar-refractivity contribution in [3.63, 3.8) is 0 Å². The molecule has 1 aromatic rings. The topological polar surface area (TPSA) is 29.4 Å². The highest BCUT2D eigenvalue weighted by Gasteiger charge is 2.33. The molecule has 0 aliphatic heterocycles. The average Bonchev–Trinajstić information content (AvgIpc) is 2.62. The second kappa shape index (κ2) is 8.45. The van der Waals surface area contributed by atoms with E-state index in [-0.39, 0.29) is 16.2 Å². The van der Waals surface area contributed by atoms with Gasteiger partial charge in [0.05, 0.1) is 0 Å². The van der Waals surface area contributed by atoms with Crippen molar-refractivity contribution in [2.24, 2.45) is 10.6 Å². The molecule has 152 valence electrons. The molecule has 0 spiro atoms. The van der Waals surface area contributed by atoms with Crippen LogP contribution in [-0.2, 0) is 17.3 Å². The third-order valence-electron chi connectivity index (χ3n) is 7.31. The van der Waals surface area contributed by atoms with E-state index in [1.165, 1.54) is 48.8 Å². The summed E-state index contributed by atoms with van der Waals surface area (Å²) < 4.78 is 0. The van der Waals surface area contributed by atoms with Crippen molar-refractivity contribution in [2.75, 3.05) is 0 Å². The first-order chi connectivity index (χ1) is 12.6. The summed E-state index contributed by atoms with van der Waals surface area (Å²) in [5.74, 6) is 0. The molecule has 1 aliphatic carbocycles. The number of benzene rings is 1. The Hall–Kier alpha value is -1.18. The minimum atomic E-state index is 0.0288. The summed E-state index contributed by atoms with van der Waals surface area (Å²) in [6.07, 6.45) is 10.7. The van der Waals surface area contributed by atoms with Crippen LogP contribution in [0, 0.1) is 10.3 Å². The molecule has 0 N–H and O–H groups in total. The van der Waals surface area contributed by atoms with Gasteiger partial charge in [-0.15, -0.1) is 4.91 Å². The number of nitrogens with zero attached hydrogens (tertiary/aromatic N) is 1. The van der Waals surface area contributed by atoms with Gasteiger partial charge in [0.25, 0.3) is 0 Å². The molecule has 2 nitrogen and oxygen atoms in total. The fraction of sp³-hybridized carbons (Fsp3) is 0.760. The maximum atomic E-state index is 12.1. The van der Waals surface area contributed by atoms with E-state index in [1.807, 2.05) is 0 Å². The highest BCUT2D eigenvalue weighted by Crippen LogP contribution is 2.46. The van der Waals surface area contributed by atoms with Crippen molar-refractivity contribution in [3.05, 3.63) is 33.7 Å². The van der Waals surface area contributed by atoms with Crippen LogP contribution in [0.15, 0.2) is 17.3 Å². The molecule has 2 rings (SSSR count). The van der Waals surface area contributed by atoms with Gasteiger partial charge in [0.2, 0.25) is 0 Å². The molecule has 27 heavy (non-hydrogen) atoms. The maximum Gasteiger partial charge on any atom is 0.114 e. The molecule has 0 saturated heterocycles. The molecular weight excluding hydrogens is 330 g/mol. The van der Waals surface area contributed by atoms with E-state index >= 15 is 0 Å².